The van der Waals surface area contributed by atoms with Gasteiger partial charge in [0, 0.05) is 18.6 Å². The summed E-state index contributed by atoms with van der Waals surface area (Å²) in [7, 11) is 0. The van der Waals surface area contributed by atoms with Crippen LogP contribution in [0.4, 0.5) is 0 Å². The molecular weight excluding hydrogens is 98.1 g/mol. The second-order valence-corrected chi connectivity index (χ2v) is 1.81. The molecule has 0 aromatic rings. The highest BCUT2D eigenvalue weighted by molar-refractivity contribution is 6.00. The van der Waals surface area contributed by atoms with Crippen molar-refractivity contribution >= 4 is 11.9 Å². The Hall–Kier alpha value is -1.07. The molecule has 0 unspecified atom stereocenters. The zero-order valence-corrected chi connectivity index (χ0v) is 4.89. The van der Waals surface area contributed by atoms with Gasteiger partial charge in [-0.2, -0.15) is 0 Å². The van der Waals surface area contributed by atoms with Crippen molar-refractivity contribution < 1.29 is 0 Å². The molecule has 0 spiro atoms. The molecule has 0 bridgehead atoms. The van der Waals surface area contributed by atoms with Crippen LogP contribution < -0.4 is 4.67 Å². The van der Waals surface area contributed by atoms with E-state index < -0.39 is 0 Å². The van der Waals surface area contributed by atoms with Gasteiger partial charge in [0.15, 0.2) is 0 Å². The predicted octanol–water partition coefficient (Wildman–Crippen LogP) is 0.711. The van der Waals surface area contributed by atoms with Crippen molar-refractivity contribution in [2.24, 2.45) is 0 Å². The number of rotatable bonds is 0. The van der Waals surface area contributed by atoms with Crippen LogP contribution in [0.1, 0.15) is 6.92 Å². The van der Waals surface area contributed by atoms with Crippen molar-refractivity contribution in [3.05, 3.63) is 24.3 Å². The predicted molar refractivity (Wildman–Crippen MR) is 37.2 cm³/mol. The summed E-state index contributed by atoms with van der Waals surface area (Å²) in [6, 6.07) is 0. The van der Waals surface area contributed by atoms with Gasteiger partial charge in [-0.3, -0.25) is 0 Å². The second-order valence-electron chi connectivity index (χ2n) is 1.81. The molecule has 8 heavy (non-hydrogen) atoms. The average molecular weight is 106 g/mol. The van der Waals surface area contributed by atoms with E-state index in [9.17, 15) is 0 Å². The summed E-state index contributed by atoms with van der Waals surface area (Å²) in [4.78, 5) is 0. The zero-order chi connectivity index (χ0) is 5.98. The molecule has 0 N–H and O–H groups in total. The molecule has 1 nitrogen and oxygen atoms in total. The highest BCUT2D eigenvalue weighted by Gasteiger charge is 1.99. The summed E-state index contributed by atoms with van der Waals surface area (Å²) in [5, 5.41) is 0. The third kappa shape index (κ3) is 0.955. The molecular formula is C7H8N+. The Balaban J connectivity index is 3.03. The smallest absolute Gasteiger partial charge is 0.0973 e. The van der Waals surface area contributed by atoms with Gasteiger partial charge in [0.25, 0.3) is 6.21 Å². The normalized spacial score (nSPS) is 16.6. The first-order chi connectivity index (χ1) is 3.79. The molecule has 1 aliphatic heterocycles. The Morgan fingerprint density at radius 3 is 2.62 bits per heavy atom. The Morgan fingerprint density at radius 2 is 2.25 bits per heavy atom. The lowest BCUT2D eigenvalue weighted by atomic mass is 10.2. The van der Waals surface area contributed by atoms with Crippen LogP contribution in [0.2, 0.25) is 0 Å². The first-order valence-electron chi connectivity index (χ1n) is 2.53. The molecule has 0 aromatic heterocycles. The van der Waals surface area contributed by atoms with Gasteiger partial charge in [0.2, 0.25) is 0 Å². The van der Waals surface area contributed by atoms with Gasteiger partial charge in [-0.1, -0.05) is 11.2 Å². The minimum atomic E-state index is 0.968. The number of hydrogen-bond acceptors (Lipinski definition) is 0. The van der Waals surface area contributed by atoms with Crippen LogP contribution in [-0.4, -0.2) is 11.9 Å². The summed E-state index contributed by atoms with van der Waals surface area (Å²) >= 11 is 0. The van der Waals surface area contributed by atoms with Gasteiger partial charge in [-0.15, -0.1) is 0 Å². The molecule has 0 aromatic carbocycles. The standard InChI is InChI=1S/C7H8N/c1-6-3-4-7(2)8-5-6/h3-5H,1H2,2H3/q+1. The molecule has 0 amide bonds. The summed E-state index contributed by atoms with van der Waals surface area (Å²) < 4.78 is 4.02. The summed E-state index contributed by atoms with van der Waals surface area (Å²) in [5.41, 5.74) is 2.01. The number of hydrogen-bond donors (Lipinski definition) is 0. The van der Waals surface area contributed by atoms with E-state index in [0.717, 1.165) is 11.3 Å². The molecule has 0 fully saturated rings. The minimum Gasteiger partial charge on any atom is -0.0973 e. The molecule has 0 saturated carbocycles. The lowest BCUT2D eigenvalue weighted by Gasteiger charge is -1.80. The summed E-state index contributed by atoms with van der Waals surface area (Å²) in [6.45, 7) is 5.66. The lowest BCUT2D eigenvalue weighted by Crippen LogP contribution is -1.97. The van der Waals surface area contributed by atoms with Crippen molar-refractivity contribution in [3.8, 4) is 0 Å². The van der Waals surface area contributed by atoms with Crippen molar-refractivity contribution in [2.45, 2.75) is 6.92 Å². The average Bonchev–Trinajstić information content (AvgIpc) is 1.77. The molecule has 0 radical (unpaired) electrons. The van der Waals surface area contributed by atoms with Crippen molar-refractivity contribution in [3.63, 3.8) is 0 Å². The highest BCUT2D eigenvalue weighted by Crippen LogP contribution is 1.89. The Bertz CT molecular complexity index is 202. The van der Waals surface area contributed by atoms with Crippen LogP contribution in [0.25, 0.3) is 0 Å². The van der Waals surface area contributed by atoms with Crippen LogP contribution in [0.3, 0.4) is 0 Å². The minimum absolute atomic E-state index is 0.968. The summed E-state index contributed by atoms with van der Waals surface area (Å²) in [5.74, 6) is 0. The van der Waals surface area contributed by atoms with Gasteiger partial charge in [-0.25, -0.2) is 0 Å². The summed E-state index contributed by atoms with van der Waals surface area (Å²) in [6.07, 6.45) is 5.65. The quantitative estimate of drug-likeness (QED) is 0.404. The van der Waals surface area contributed by atoms with Crippen LogP contribution in [0, 0.1) is 0 Å². The van der Waals surface area contributed by atoms with E-state index in [1.165, 1.54) is 0 Å². The van der Waals surface area contributed by atoms with Gasteiger partial charge in [0.1, 0.15) is 0 Å². The van der Waals surface area contributed by atoms with Crippen molar-refractivity contribution in [1.29, 1.82) is 0 Å². The number of nitrogens with zero attached hydrogens (tertiary/aromatic N) is 1. The number of allylic oxidation sites excluding steroid dienone is 3. The topological polar surface area (TPSA) is 14.1 Å². The highest BCUT2D eigenvalue weighted by atomic mass is 14.6. The molecule has 40 valence electrons. The second kappa shape index (κ2) is 1.81. The molecule has 1 heterocycles. The molecule has 0 atom stereocenters. The zero-order valence-electron chi connectivity index (χ0n) is 4.89. The van der Waals surface area contributed by atoms with Crippen LogP contribution in [-0.2, 0) is 0 Å². The SMILES string of the molecule is C=C1C=CC(C)=[N+]=C1. The third-order valence-corrected chi connectivity index (χ3v) is 0.973. The molecule has 1 aliphatic rings. The fourth-order valence-electron chi connectivity index (χ4n) is 0.498. The monoisotopic (exact) mass is 106 g/mol. The molecule has 1 heteroatoms. The fourth-order valence-corrected chi connectivity index (χ4v) is 0.498. The van der Waals surface area contributed by atoms with Gasteiger partial charge < -0.3 is 0 Å². The fraction of sp³-hybridized carbons (Fsp3) is 0.143. The first-order valence-corrected chi connectivity index (χ1v) is 2.53. The lowest BCUT2D eigenvalue weighted by molar-refractivity contribution is 1.58. The van der Waals surface area contributed by atoms with E-state index >= 15 is 0 Å². The van der Waals surface area contributed by atoms with E-state index in [0.29, 0.717) is 0 Å². The van der Waals surface area contributed by atoms with E-state index in [2.05, 4.69) is 11.2 Å². The van der Waals surface area contributed by atoms with E-state index in [1.54, 1.807) is 6.21 Å². The van der Waals surface area contributed by atoms with E-state index in [4.69, 9.17) is 0 Å². The molecule has 0 saturated heterocycles. The van der Waals surface area contributed by atoms with Crippen LogP contribution in [0.5, 0.6) is 0 Å². The van der Waals surface area contributed by atoms with Crippen LogP contribution >= 0.6 is 0 Å². The van der Waals surface area contributed by atoms with Crippen LogP contribution in [0.15, 0.2) is 24.3 Å². The maximum Gasteiger partial charge on any atom is 0.300 e. The molecule has 0 aliphatic carbocycles. The van der Waals surface area contributed by atoms with Gasteiger partial charge in [-0.05, 0) is 6.08 Å². The Labute approximate surface area is 48.8 Å². The Morgan fingerprint density at radius 1 is 1.50 bits per heavy atom. The van der Waals surface area contributed by atoms with Gasteiger partial charge >= 0.3 is 5.71 Å². The van der Waals surface area contributed by atoms with E-state index in [1.807, 2.05) is 19.1 Å². The Kier molecular flexibility index (Phi) is 1.15. The van der Waals surface area contributed by atoms with Gasteiger partial charge in [0.05, 0.1) is 0 Å². The maximum absolute atomic E-state index is 4.02. The third-order valence-electron chi connectivity index (χ3n) is 0.973. The van der Waals surface area contributed by atoms with Crippen molar-refractivity contribution in [1.82, 2.24) is 4.67 Å². The van der Waals surface area contributed by atoms with Crippen molar-refractivity contribution in [2.75, 3.05) is 0 Å². The molecule has 1 rings (SSSR count). The first kappa shape index (κ1) is 5.07. The largest absolute Gasteiger partial charge is 0.300 e. The maximum atomic E-state index is 4.02. The van der Waals surface area contributed by atoms with E-state index in [-0.39, 0.29) is 0 Å².